The molecule has 3 N–H and O–H groups in total. The third-order valence-electron chi connectivity index (χ3n) is 6.11. The van der Waals surface area contributed by atoms with Crippen molar-refractivity contribution in [1.29, 1.82) is 0 Å². The molecule has 2 saturated carbocycles. The number of rotatable bonds is 4. The maximum absolute atomic E-state index is 6.36. The Morgan fingerprint density at radius 3 is 2.52 bits per heavy atom. The summed E-state index contributed by atoms with van der Waals surface area (Å²) in [4.78, 5) is 14.1. The van der Waals surface area contributed by atoms with E-state index in [1.54, 1.807) is 0 Å². The molecule has 0 aromatic carbocycles. The highest BCUT2D eigenvalue weighted by Gasteiger charge is 2.43. The second-order valence-corrected chi connectivity index (χ2v) is 8.32. The number of halogens is 1. The summed E-state index contributed by atoms with van der Waals surface area (Å²) < 4.78 is 0. The molecule has 140 valence electrons. The number of fused-ring (bicyclic) bond motifs is 3. The largest absolute Gasteiger partial charge is 0.382 e. The van der Waals surface area contributed by atoms with Crippen molar-refractivity contribution in [3.8, 4) is 0 Å². The van der Waals surface area contributed by atoms with E-state index < -0.39 is 0 Å². The highest BCUT2D eigenvalue weighted by molar-refractivity contribution is 5.85. The molecule has 1 aromatic rings. The van der Waals surface area contributed by atoms with Crippen molar-refractivity contribution >= 4 is 29.7 Å². The minimum Gasteiger partial charge on any atom is -0.382 e. The standard InChI is InChI=1S/C18H30N6.ClH/c1-10(2)9-20-18-23(3)14-15(19)21-16(22-17(14)24(18)4)13-8-11-5-6-12(13)7-11;/h10-13,18,20H,5-9H2,1-4H3,(H2,19,21,22);1H. The summed E-state index contributed by atoms with van der Waals surface area (Å²) in [6.07, 6.45) is 5.43. The van der Waals surface area contributed by atoms with Gasteiger partial charge in [-0.15, -0.1) is 12.4 Å². The van der Waals surface area contributed by atoms with E-state index in [1.165, 1.54) is 25.7 Å². The number of hydrogen-bond acceptors (Lipinski definition) is 6. The van der Waals surface area contributed by atoms with Crippen LogP contribution in [0.1, 0.15) is 51.3 Å². The molecule has 2 aliphatic carbocycles. The molecule has 0 radical (unpaired) electrons. The van der Waals surface area contributed by atoms with Gasteiger partial charge in [-0.2, -0.15) is 0 Å². The lowest BCUT2D eigenvalue weighted by Gasteiger charge is -2.28. The molecule has 0 saturated heterocycles. The molecule has 0 amide bonds. The third-order valence-corrected chi connectivity index (χ3v) is 6.11. The molecule has 25 heavy (non-hydrogen) atoms. The number of nitrogens with two attached hydrogens (primary N) is 1. The van der Waals surface area contributed by atoms with Crippen molar-refractivity contribution < 1.29 is 0 Å². The summed E-state index contributed by atoms with van der Waals surface area (Å²) in [5.74, 6) is 5.35. The Morgan fingerprint density at radius 2 is 1.92 bits per heavy atom. The monoisotopic (exact) mass is 366 g/mol. The van der Waals surface area contributed by atoms with Crippen LogP contribution in [0.4, 0.5) is 17.3 Å². The molecule has 6 nitrogen and oxygen atoms in total. The minimum atomic E-state index is 0. The zero-order valence-corrected chi connectivity index (χ0v) is 16.5. The van der Waals surface area contributed by atoms with Crippen LogP contribution in [0.25, 0.3) is 0 Å². The Bertz CT molecular complexity index is 636. The molecule has 1 aliphatic heterocycles. The fraction of sp³-hybridized carbons (Fsp3) is 0.778. The first-order chi connectivity index (χ1) is 11.5. The number of aromatic nitrogens is 2. The van der Waals surface area contributed by atoms with Gasteiger partial charge >= 0.3 is 0 Å². The SMILES string of the molecule is CC(C)CNC1N(C)c2nc(C3CC4CCC3C4)nc(N)c2N1C.Cl. The van der Waals surface area contributed by atoms with Gasteiger partial charge in [-0.25, -0.2) is 9.97 Å². The van der Waals surface area contributed by atoms with Crippen LogP contribution in [0.3, 0.4) is 0 Å². The first-order valence-electron chi connectivity index (χ1n) is 9.32. The third kappa shape index (κ3) is 3.04. The quantitative estimate of drug-likeness (QED) is 0.853. The van der Waals surface area contributed by atoms with Gasteiger partial charge in [-0.1, -0.05) is 20.3 Å². The Hall–Kier alpha value is -1.27. The van der Waals surface area contributed by atoms with Gasteiger partial charge < -0.3 is 15.5 Å². The average molecular weight is 367 g/mol. The van der Waals surface area contributed by atoms with Gasteiger partial charge in [-0.05, 0) is 37.0 Å². The second kappa shape index (κ2) is 6.80. The molecule has 4 unspecified atom stereocenters. The summed E-state index contributed by atoms with van der Waals surface area (Å²) >= 11 is 0. The van der Waals surface area contributed by atoms with Crippen molar-refractivity contribution in [1.82, 2.24) is 15.3 Å². The normalized spacial score (nSPS) is 30.1. The summed E-state index contributed by atoms with van der Waals surface area (Å²) in [6.45, 7) is 5.40. The molecule has 2 heterocycles. The van der Waals surface area contributed by atoms with Crippen molar-refractivity contribution in [2.24, 2.45) is 17.8 Å². The molecular formula is C18H31ClN6. The van der Waals surface area contributed by atoms with Crippen molar-refractivity contribution in [2.75, 3.05) is 36.2 Å². The summed E-state index contributed by atoms with van der Waals surface area (Å²) in [6, 6.07) is 0. The number of hydrogen-bond donors (Lipinski definition) is 2. The van der Waals surface area contributed by atoms with Gasteiger partial charge in [0, 0.05) is 26.6 Å². The fourth-order valence-corrected chi connectivity index (χ4v) is 4.90. The van der Waals surface area contributed by atoms with Crippen LogP contribution in [0, 0.1) is 17.8 Å². The minimum absolute atomic E-state index is 0. The number of nitrogens with zero attached hydrogens (tertiary/aromatic N) is 4. The summed E-state index contributed by atoms with van der Waals surface area (Å²) in [5, 5.41) is 3.60. The smallest absolute Gasteiger partial charge is 0.160 e. The van der Waals surface area contributed by atoms with Crippen LogP contribution in [0.5, 0.6) is 0 Å². The topological polar surface area (TPSA) is 70.3 Å². The first-order valence-corrected chi connectivity index (χ1v) is 9.32. The van der Waals surface area contributed by atoms with Crippen LogP contribution in [0.2, 0.25) is 0 Å². The van der Waals surface area contributed by atoms with Gasteiger partial charge in [0.25, 0.3) is 0 Å². The lowest BCUT2D eigenvalue weighted by molar-refractivity contribution is 0.405. The molecule has 2 bridgehead atoms. The van der Waals surface area contributed by atoms with E-state index in [0.29, 0.717) is 17.7 Å². The van der Waals surface area contributed by atoms with E-state index in [4.69, 9.17) is 15.7 Å². The average Bonchev–Trinajstić information content (AvgIpc) is 3.21. The molecular weight excluding hydrogens is 336 g/mol. The zero-order chi connectivity index (χ0) is 17.0. The zero-order valence-electron chi connectivity index (χ0n) is 15.7. The van der Waals surface area contributed by atoms with E-state index in [0.717, 1.165) is 35.7 Å². The lowest BCUT2D eigenvalue weighted by Crippen LogP contribution is -2.51. The number of nitrogen functional groups attached to an aromatic ring is 1. The number of anilines is 3. The maximum atomic E-state index is 6.36. The van der Waals surface area contributed by atoms with Gasteiger partial charge in [0.15, 0.2) is 17.9 Å². The molecule has 4 rings (SSSR count). The Kier molecular flexibility index (Phi) is 5.04. The maximum Gasteiger partial charge on any atom is 0.160 e. The van der Waals surface area contributed by atoms with E-state index in [1.807, 2.05) is 0 Å². The van der Waals surface area contributed by atoms with Crippen LogP contribution in [0.15, 0.2) is 0 Å². The Labute approximate surface area is 157 Å². The van der Waals surface area contributed by atoms with Crippen molar-refractivity contribution in [3.05, 3.63) is 5.82 Å². The van der Waals surface area contributed by atoms with Crippen molar-refractivity contribution in [2.45, 2.75) is 51.7 Å². The molecule has 3 aliphatic rings. The predicted octanol–water partition coefficient (Wildman–Crippen LogP) is 2.80. The van der Waals surface area contributed by atoms with Gasteiger partial charge in [-0.3, -0.25) is 5.32 Å². The Balaban J connectivity index is 0.00000182. The summed E-state index contributed by atoms with van der Waals surface area (Å²) in [7, 11) is 4.16. The predicted molar refractivity (Wildman–Crippen MR) is 105 cm³/mol. The van der Waals surface area contributed by atoms with E-state index in [-0.39, 0.29) is 18.7 Å². The second-order valence-electron chi connectivity index (χ2n) is 8.32. The van der Waals surface area contributed by atoms with E-state index in [9.17, 15) is 0 Å². The molecule has 2 fully saturated rings. The van der Waals surface area contributed by atoms with Crippen LogP contribution < -0.4 is 20.9 Å². The first kappa shape index (κ1) is 18.5. The summed E-state index contributed by atoms with van der Waals surface area (Å²) in [5.41, 5.74) is 7.33. The molecule has 1 aromatic heterocycles. The Morgan fingerprint density at radius 1 is 1.16 bits per heavy atom. The van der Waals surface area contributed by atoms with Crippen molar-refractivity contribution in [3.63, 3.8) is 0 Å². The molecule has 7 heteroatoms. The molecule has 0 spiro atoms. The van der Waals surface area contributed by atoms with Crippen LogP contribution in [-0.4, -0.2) is 36.9 Å². The fourth-order valence-electron chi connectivity index (χ4n) is 4.90. The lowest BCUT2D eigenvalue weighted by atomic mass is 9.88. The van der Waals surface area contributed by atoms with E-state index >= 15 is 0 Å². The van der Waals surface area contributed by atoms with Crippen LogP contribution in [-0.2, 0) is 0 Å². The highest BCUT2D eigenvalue weighted by atomic mass is 35.5. The van der Waals surface area contributed by atoms with Crippen LogP contribution >= 0.6 is 12.4 Å². The molecule has 4 atom stereocenters. The van der Waals surface area contributed by atoms with E-state index in [2.05, 4.69) is 43.1 Å². The van der Waals surface area contributed by atoms with Gasteiger partial charge in [0.2, 0.25) is 0 Å². The number of nitrogens with one attached hydrogen (secondary N) is 1. The van der Waals surface area contributed by atoms with Gasteiger partial charge in [0.05, 0.1) is 0 Å². The highest BCUT2D eigenvalue weighted by Crippen LogP contribution is 2.53. The van der Waals surface area contributed by atoms with Gasteiger partial charge in [0.1, 0.15) is 11.5 Å².